The molecule has 43 heavy (non-hydrogen) atoms. The molecule has 9 heteroatoms. The normalized spacial score (nSPS) is 21.9. The van der Waals surface area contributed by atoms with Crippen LogP contribution in [0.2, 0.25) is 0 Å². The fraction of sp³-hybridized carbons (Fsp3) is 0.382. The molecule has 0 saturated carbocycles. The van der Waals surface area contributed by atoms with Gasteiger partial charge in [-0.2, -0.15) is 0 Å². The Balaban J connectivity index is 1.74. The summed E-state index contributed by atoms with van der Waals surface area (Å²) < 4.78 is 16.1. The second-order valence-corrected chi connectivity index (χ2v) is 11.0. The summed E-state index contributed by atoms with van der Waals surface area (Å²) in [5.41, 5.74) is 3.10. The predicted octanol–water partition coefficient (Wildman–Crippen LogP) is 3.63. The Labute approximate surface area is 252 Å². The first-order chi connectivity index (χ1) is 20.9. The summed E-state index contributed by atoms with van der Waals surface area (Å²) in [6.45, 7) is 4.13. The summed E-state index contributed by atoms with van der Waals surface area (Å²) in [4.78, 5) is 46.7. The van der Waals surface area contributed by atoms with E-state index in [-0.39, 0.29) is 24.2 Å². The van der Waals surface area contributed by atoms with Gasteiger partial charge in [0.1, 0.15) is 24.1 Å². The van der Waals surface area contributed by atoms with Crippen molar-refractivity contribution in [1.29, 1.82) is 0 Å². The minimum Gasteiger partial charge on any atom is -0.497 e. The summed E-state index contributed by atoms with van der Waals surface area (Å²) >= 11 is 0. The van der Waals surface area contributed by atoms with Crippen LogP contribution in [-0.4, -0.2) is 87.6 Å². The summed E-state index contributed by atoms with van der Waals surface area (Å²) in [5.74, 6) is -0.767. The molecule has 3 aromatic rings. The number of carbonyl (C=O) groups excluding carboxylic acids is 3. The first kappa shape index (κ1) is 30.3. The topological polar surface area (TPSA) is 97.4 Å². The minimum atomic E-state index is -0.923. The quantitative estimate of drug-likeness (QED) is 0.383. The molecule has 2 saturated heterocycles. The number of nitrogens with zero attached hydrogens (tertiary/aromatic N) is 2. The third-order valence-corrected chi connectivity index (χ3v) is 8.50. The van der Waals surface area contributed by atoms with E-state index in [0.717, 1.165) is 16.7 Å². The Hall–Kier alpha value is -4.21. The van der Waals surface area contributed by atoms with Gasteiger partial charge in [0.2, 0.25) is 11.8 Å². The lowest BCUT2D eigenvalue weighted by atomic mass is 9.75. The largest absolute Gasteiger partial charge is 0.497 e. The van der Waals surface area contributed by atoms with Gasteiger partial charge in [0.05, 0.1) is 26.2 Å². The smallest absolute Gasteiger partial charge is 0.249 e. The van der Waals surface area contributed by atoms with E-state index in [1.807, 2.05) is 55.5 Å². The molecular formula is C34H39N3O6. The van der Waals surface area contributed by atoms with Gasteiger partial charge >= 0.3 is 0 Å². The van der Waals surface area contributed by atoms with Crippen molar-refractivity contribution >= 4 is 17.6 Å². The number of ketones is 1. The molecule has 5 rings (SSSR count). The second kappa shape index (κ2) is 13.4. The molecule has 0 spiro atoms. The molecule has 2 heterocycles. The van der Waals surface area contributed by atoms with E-state index in [4.69, 9.17) is 14.2 Å². The highest BCUT2D eigenvalue weighted by atomic mass is 16.5. The molecule has 3 aromatic carbocycles. The molecule has 0 radical (unpaired) electrons. The summed E-state index contributed by atoms with van der Waals surface area (Å²) in [6, 6.07) is 20.6. The highest BCUT2D eigenvalue weighted by molar-refractivity contribution is 6.02. The lowest BCUT2D eigenvalue weighted by Gasteiger charge is -2.36. The van der Waals surface area contributed by atoms with Gasteiger partial charge in [-0.15, -0.1) is 0 Å². The number of hydrogen-bond acceptors (Lipinski definition) is 7. The van der Waals surface area contributed by atoms with Crippen LogP contribution < -0.4 is 14.8 Å². The zero-order valence-electron chi connectivity index (χ0n) is 25.1. The van der Waals surface area contributed by atoms with Crippen molar-refractivity contribution < 1.29 is 28.6 Å². The number of rotatable bonds is 9. The molecule has 4 unspecified atom stereocenters. The Morgan fingerprint density at radius 1 is 0.791 bits per heavy atom. The van der Waals surface area contributed by atoms with Crippen molar-refractivity contribution in [2.75, 3.05) is 54.1 Å². The maximum Gasteiger partial charge on any atom is 0.249 e. The maximum absolute atomic E-state index is 14.7. The number of benzene rings is 3. The highest BCUT2D eigenvalue weighted by Gasteiger charge is 2.58. The highest BCUT2D eigenvalue weighted by Crippen LogP contribution is 2.52. The van der Waals surface area contributed by atoms with Crippen LogP contribution in [0.5, 0.6) is 11.5 Å². The zero-order chi connectivity index (χ0) is 30.5. The number of likely N-dealkylation sites (tertiary alicyclic amines) is 1. The number of methoxy groups -OCH3 is 3. The third-order valence-electron chi connectivity index (χ3n) is 8.50. The van der Waals surface area contributed by atoms with E-state index in [1.165, 1.54) is 7.11 Å². The van der Waals surface area contributed by atoms with Crippen molar-refractivity contribution in [1.82, 2.24) is 15.1 Å². The summed E-state index contributed by atoms with van der Waals surface area (Å²) in [7, 11) is 4.63. The predicted molar refractivity (Wildman–Crippen MR) is 162 cm³/mol. The van der Waals surface area contributed by atoms with Gasteiger partial charge in [-0.05, 0) is 54.4 Å². The SMILES string of the molecule is COCC(=O)N1C(C(=O)N2CCNCC2)C(c2ccc(OC)cc2)C(C(=O)c2ccc(OC)cc2)C1c1ccc(C)cc1. The van der Waals surface area contributed by atoms with Crippen LogP contribution >= 0.6 is 0 Å². The summed E-state index contributed by atoms with van der Waals surface area (Å²) in [5, 5.41) is 3.30. The number of nitrogens with one attached hydrogen (secondary N) is 1. The number of ether oxygens (including phenoxy) is 3. The summed E-state index contributed by atoms with van der Waals surface area (Å²) in [6.07, 6.45) is 0. The van der Waals surface area contributed by atoms with Crippen molar-refractivity contribution in [3.63, 3.8) is 0 Å². The van der Waals surface area contributed by atoms with Gasteiger partial charge in [0, 0.05) is 44.8 Å². The van der Waals surface area contributed by atoms with E-state index in [9.17, 15) is 14.4 Å². The first-order valence-electron chi connectivity index (χ1n) is 14.6. The minimum absolute atomic E-state index is 0.153. The molecule has 2 aliphatic heterocycles. The van der Waals surface area contributed by atoms with Gasteiger partial charge in [-0.25, -0.2) is 0 Å². The van der Waals surface area contributed by atoms with Gasteiger partial charge in [-0.1, -0.05) is 42.0 Å². The van der Waals surface area contributed by atoms with Gasteiger partial charge in [0.15, 0.2) is 5.78 Å². The van der Waals surface area contributed by atoms with E-state index in [1.54, 1.807) is 48.3 Å². The van der Waals surface area contributed by atoms with Crippen LogP contribution in [0.25, 0.3) is 0 Å². The molecule has 4 atom stereocenters. The average molecular weight is 586 g/mol. The monoisotopic (exact) mass is 585 g/mol. The Morgan fingerprint density at radius 3 is 1.91 bits per heavy atom. The van der Waals surface area contributed by atoms with Crippen LogP contribution in [0.3, 0.4) is 0 Å². The van der Waals surface area contributed by atoms with Crippen LogP contribution in [0.4, 0.5) is 0 Å². The fourth-order valence-corrected chi connectivity index (χ4v) is 6.37. The fourth-order valence-electron chi connectivity index (χ4n) is 6.37. The molecule has 2 amide bonds. The average Bonchev–Trinajstić information content (AvgIpc) is 3.41. The third kappa shape index (κ3) is 6.14. The number of hydrogen-bond donors (Lipinski definition) is 1. The molecule has 0 aromatic heterocycles. The van der Waals surface area contributed by atoms with E-state index in [0.29, 0.717) is 43.2 Å². The molecule has 226 valence electrons. The van der Waals surface area contributed by atoms with Gasteiger partial charge in [0.25, 0.3) is 0 Å². The number of carbonyl (C=O) groups is 3. The van der Waals surface area contributed by atoms with Crippen LogP contribution in [0, 0.1) is 12.8 Å². The second-order valence-electron chi connectivity index (χ2n) is 11.0. The van der Waals surface area contributed by atoms with Crippen molar-refractivity contribution in [3.05, 3.63) is 95.1 Å². The van der Waals surface area contributed by atoms with E-state index >= 15 is 0 Å². The Morgan fingerprint density at radius 2 is 1.35 bits per heavy atom. The maximum atomic E-state index is 14.7. The Bertz CT molecular complexity index is 1420. The molecular weight excluding hydrogens is 546 g/mol. The molecule has 2 aliphatic rings. The molecule has 9 nitrogen and oxygen atoms in total. The molecule has 0 bridgehead atoms. The molecule has 0 aliphatic carbocycles. The van der Waals surface area contributed by atoms with Gasteiger partial charge < -0.3 is 29.3 Å². The van der Waals surface area contributed by atoms with Gasteiger partial charge in [-0.3, -0.25) is 14.4 Å². The Kier molecular flexibility index (Phi) is 9.43. The van der Waals surface area contributed by atoms with Crippen molar-refractivity contribution in [2.45, 2.75) is 24.9 Å². The van der Waals surface area contributed by atoms with Crippen LogP contribution in [-0.2, 0) is 14.3 Å². The van der Waals surface area contributed by atoms with E-state index in [2.05, 4.69) is 5.32 Å². The number of piperazine rings is 1. The van der Waals surface area contributed by atoms with Crippen LogP contribution in [0.1, 0.15) is 39.0 Å². The standard InChI is InChI=1S/C34H39N3O6/c1-22-5-7-24(8-6-22)31-30(33(39)25-11-15-27(43-4)16-12-25)29(23-9-13-26(42-3)14-10-23)32(37(31)28(38)21-41-2)34(40)36-19-17-35-18-20-36/h5-16,29-32,35H,17-21H2,1-4H3. The number of amides is 2. The number of aryl methyl sites for hydroxylation is 1. The lowest BCUT2D eigenvalue weighted by molar-refractivity contribution is -0.148. The number of Topliss-reactive ketones (excluding diaryl/α,β-unsaturated/α-hetero) is 1. The van der Waals surface area contributed by atoms with Crippen LogP contribution in [0.15, 0.2) is 72.8 Å². The zero-order valence-corrected chi connectivity index (χ0v) is 25.1. The van der Waals surface area contributed by atoms with Crippen molar-refractivity contribution in [2.24, 2.45) is 5.92 Å². The molecule has 1 N–H and O–H groups in total. The lowest BCUT2D eigenvalue weighted by Crippen LogP contribution is -2.55. The van der Waals surface area contributed by atoms with E-state index < -0.39 is 23.9 Å². The molecule has 2 fully saturated rings. The van der Waals surface area contributed by atoms with Crippen molar-refractivity contribution in [3.8, 4) is 11.5 Å². The first-order valence-corrected chi connectivity index (χ1v) is 14.6.